The molecule has 2 heterocycles. The fraction of sp³-hybridized carbons (Fsp3) is 0.467. The van der Waals surface area contributed by atoms with Gasteiger partial charge in [-0.1, -0.05) is 0 Å². The van der Waals surface area contributed by atoms with E-state index in [1.54, 1.807) is 18.3 Å². The SMILES string of the molecule is Cc1nc(-c2cc(C(=O)NCCCC(C)O)n(C)c2)cs1. The van der Waals surface area contributed by atoms with E-state index in [2.05, 4.69) is 10.3 Å². The van der Waals surface area contributed by atoms with Gasteiger partial charge in [0.2, 0.25) is 0 Å². The summed E-state index contributed by atoms with van der Waals surface area (Å²) in [6.45, 7) is 4.29. The molecule has 0 fully saturated rings. The number of hydrogen-bond acceptors (Lipinski definition) is 4. The number of aliphatic hydroxyl groups excluding tert-OH is 1. The Morgan fingerprint density at radius 3 is 2.95 bits per heavy atom. The molecular formula is C15H21N3O2S. The second-order valence-electron chi connectivity index (χ2n) is 5.22. The van der Waals surface area contributed by atoms with Gasteiger partial charge in [0, 0.05) is 30.7 Å². The zero-order valence-electron chi connectivity index (χ0n) is 12.6. The Labute approximate surface area is 128 Å². The van der Waals surface area contributed by atoms with Crippen LogP contribution < -0.4 is 5.32 Å². The van der Waals surface area contributed by atoms with Crippen LogP contribution in [0, 0.1) is 6.92 Å². The highest BCUT2D eigenvalue weighted by Gasteiger charge is 2.13. The van der Waals surface area contributed by atoms with Crippen molar-refractivity contribution in [2.45, 2.75) is 32.8 Å². The number of carbonyl (C=O) groups excluding carboxylic acids is 1. The second-order valence-corrected chi connectivity index (χ2v) is 6.29. The smallest absolute Gasteiger partial charge is 0.267 e. The Morgan fingerprint density at radius 1 is 1.57 bits per heavy atom. The van der Waals surface area contributed by atoms with Crippen LogP contribution >= 0.6 is 11.3 Å². The maximum Gasteiger partial charge on any atom is 0.267 e. The number of nitrogens with one attached hydrogen (secondary N) is 1. The van der Waals surface area contributed by atoms with Gasteiger partial charge < -0.3 is 15.0 Å². The minimum absolute atomic E-state index is 0.0960. The van der Waals surface area contributed by atoms with Gasteiger partial charge in [-0.3, -0.25) is 4.79 Å². The molecule has 0 saturated carbocycles. The molecule has 0 saturated heterocycles. The van der Waals surface area contributed by atoms with E-state index >= 15 is 0 Å². The van der Waals surface area contributed by atoms with Crippen LogP contribution in [0.15, 0.2) is 17.6 Å². The Hall–Kier alpha value is -1.66. The van der Waals surface area contributed by atoms with E-state index in [-0.39, 0.29) is 12.0 Å². The average molecular weight is 307 g/mol. The van der Waals surface area contributed by atoms with Crippen LogP contribution in [0.3, 0.4) is 0 Å². The molecule has 0 aliphatic heterocycles. The topological polar surface area (TPSA) is 67.2 Å². The molecular weight excluding hydrogens is 286 g/mol. The van der Waals surface area contributed by atoms with Crippen LogP contribution in [0.25, 0.3) is 11.3 Å². The lowest BCUT2D eigenvalue weighted by Crippen LogP contribution is -2.26. The van der Waals surface area contributed by atoms with Crippen LogP contribution in [0.5, 0.6) is 0 Å². The summed E-state index contributed by atoms with van der Waals surface area (Å²) >= 11 is 1.60. The second kappa shape index (κ2) is 6.87. The Balaban J connectivity index is 2.00. The molecule has 0 aliphatic carbocycles. The normalized spacial score (nSPS) is 12.4. The van der Waals surface area contributed by atoms with Crippen molar-refractivity contribution >= 4 is 17.2 Å². The first-order valence-electron chi connectivity index (χ1n) is 7.02. The van der Waals surface area contributed by atoms with Gasteiger partial charge in [0.1, 0.15) is 5.69 Å². The number of amides is 1. The zero-order chi connectivity index (χ0) is 15.4. The van der Waals surface area contributed by atoms with Crippen LogP contribution in [0.1, 0.15) is 35.3 Å². The van der Waals surface area contributed by atoms with Crippen molar-refractivity contribution in [2.75, 3.05) is 6.54 Å². The first kappa shape index (κ1) is 15.7. The maximum atomic E-state index is 12.1. The van der Waals surface area contributed by atoms with Crippen molar-refractivity contribution in [3.05, 3.63) is 28.3 Å². The van der Waals surface area contributed by atoms with Gasteiger partial charge in [-0.05, 0) is 32.8 Å². The Morgan fingerprint density at radius 2 is 2.33 bits per heavy atom. The fourth-order valence-electron chi connectivity index (χ4n) is 2.12. The molecule has 0 radical (unpaired) electrons. The van der Waals surface area contributed by atoms with Crippen LogP contribution in [0.2, 0.25) is 0 Å². The number of nitrogens with zero attached hydrogens (tertiary/aromatic N) is 2. The highest BCUT2D eigenvalue weighted by molar-refractivity contribution is 7.09. The molecule has 2 N–H and O–H groups in total. The van der Waals surface area contributed by atoms with Gasteiger partial charge in [0.15, 0.2) is 0 Å². The highest BCUT2D eigenvalue weighted by Crippen LogP contribution is 2.23. The monoisotopic (exact) mass is 307 g/mol. The third-order valence-electron chi connectivity index (χ3n) is 3.24. The predicted molar refractivity (Wildman–Crippen MR) is 84.5 cm³/mol. The fourth-order valence-corrected chi connectivity index (χ4v) is 2.74. The van der Waals surface area contributed by atoms with E-state index < -0.39 is 0 Å². The van der Waals surface area contributed by atoms with Crippen molar-refractivity contribution in [3.63, 3.8) is 0 Å². The molecule has 2 rings (SSSR count). The standard InChI is InChI=1S/C15H21N3O2S/c1-10(19)5-4-6-16-15(20)14-7-12(8-18(14)3)13-9-21-11(2)17-13/h7-10,19H,4-6H2,1-3H3,(H,16,20). The molecule has 0 aliphatic rings. The van der Waals surface area contributed by atoms with Gasteiger partial charge in [-0.15, -0.1) is 11.3 Å². The van der Waals surface area contributed by atoms with E-state index in [0.717, 1.165) is 22.7 Å². The zero-order valence-corrected chi connectivity index (χ0v) is 13.4. The highest BCUT2D eigenvalue weighted by atomic mass is 32.1. The van der Waals surface area contributed by atoms with E-state index in [4.69, 9.17) is 0 Å². The quantitative estimate of drug-likeness (QED) is 0.805. The predicted octanol–water partition coefficient (Wildman–Crippen LogP) is 2.35. The number of aromatic nitrogens is 2. The molecule has 2 aromatic heterocycles. The van der Waals surface area contributed by atoms with E-state index in [1.165, 1.54) is 0 Å². The number of aryl methyl sites for hydroxylation is 2. The molecule has 5 nitrogen and oxygen atoms in total. The Kier molecular flexibility index (Phi) is 5.14. The third-order valence-corrected chi connectivity index (χ3v) is 4.01. The molecule has 1 atom stereocenters. The minimum atomic E-state index is -0.323. The number of aliphatic hydroxyl groups is 1. The summed E-state index contributed by atoms with van der Waals surface area (Å²) in [6.07, 6.45) is 3.05. The van der Waals surface area contributed by atoms with Gasteiger partial charge in [-0.25, -0.2) is 4.98 Å². The van der Waals surface area contributed by atoms with Gasteiger partial charge in [-0.2, -0.15) is 0 Å². The van der Waals surface area contributed by atoms with Gasteiger partial charge in [0.05, 0.1) is 16.8 Å². The summed E-state index contributed by atoms with van der Waals surface area (Å²) in [7, 11) is 1.85. The molecule has 0 spiro atoms. The van der Waals surface area contributed by atoms with Gasteiger partial charge in [0.25, 0.3) is 5.91 Å². The van der Waals surface area contributed by atoms with Crippen LogP contribution in [0.4, 0.5) is 0 Å². The molecule has 1 amide bonds. The number of carbonyl (C=O) groups is 1. The van der Waals surface area contributed by atoms with Crippen LogP contribution in [-0.4, -0.2) is 33.2 Å². The van der Waals surface area contributed by atoms with Crippen molar-refractivity contribution in [2.24, 2.45) is 7.05 Å². The molecule has 1 unspecified atom stereocenters. The van der Waals surface area contributed by atoms with Crippen molar-refractivity contribution in [1.29, 1.82) is 0 Å². The molecule has 21 heavy (non-hydrogen) atoms. The van der Waals surface area contributed by atoms with Crippen molar-refractivity contribution in [1.82, 2.24) is 14.9 Å². The lowest BCUT2D eigenvalue weighted by Gasteiger charge is -2.07. The minimum Gasteiger partial charge on any atom is -0.393 e. The summed E-state index contributed by atoms with van der Waals surface area (Å²) in [5.41, 5.74) is 2.48. The Bertz CT molecular complexity index is 616. The number of thiazole rings is 1. The summed E-state index contributed by atoms with van der Waals surface area (Å²) in [6, 6.07) is 1.86. The third kappa shape index (κ3) is 4.15. The van der Waals surface area contributed by atoms with Gasteiger partial charge >= 0.3 is 0 Å². The summed E-state index contributed by atoms with van der Waals surface area (Å²) < 4.78 is 1.81. The molecule has 0 aromatic carbocycles. The summed E-state index contributed by atoms with van der Waals surface area (Å²) in [5, 5.41) is 15.1. The molecule has 6 heteroatoms. The lowest BCUT2D eigenvalue weighted by molar-refractivity contribution is 0.0941. The maximum absolute atomic E-state index is 12.1. The van der Waals surface area contributed by atoms with Crippen molar-refractivity contribution in [3.8, 4) is 11.3 Å². The lowest BCUT2D eigenvalue weighted by atomic mass is 10.2. The van der Waals surface area contributed by atoms with Crippen molar-refractivity contribution < 1.29 is 9.90 Å². The largest absolute Gasteiger partial charge is 0.393 e. The van der Waals surface area contributed by atoms with E-state index in [9.17, 15) is 9.90 Å². The summed E-state index contributed by atoms with van der Waals surface area (Å²) in [4.78, 5) is 16.6. The first-order valence-corrected chi connectivity index (χ1v) is 7.90. The molecule has 114 valence electrons. The number of hydrogen-bond donors (Lipinski definition) is 2. The average Bonchev–Trinajstić information content (AvgIpc) is 3.00. The molecule has 2 aromatic rings. The van der Waals surface area contributed by atoms with Crippen LogP contribution in [-0.2, 0) is 7.05 Å². The van der Waals surface area contributed by atoms with E-state index in [0.29, 0.717) is 18.7 Å². The molecule has 0 bridgehead atoms. The number of rotatable bonds is 6. The first-order chi connectivity index (χ1) is 9.97. The summed E-state index contributed by atoms with van der Waals surface area (Å²) in [5.74, 6) is -0.0960. The van der Waals surface area contributed by atoms with E-state index in [1.807, 2.05) is 36.2 Å².